The maximum absolute atomic E-state index is 12.1. The van der Waals surface area contributed by atoms with Gasteiger partial charge in [-0.3, -0.25) is 4.90 Å². The number of hydrogen-bond donors (Lipinski definition) is 0. The maximum Gasteiger partial charge on any atom is 0.410 e. The number of ether oxygens (including phenoxy) is 1. The average molecular weight is 314 g/mol. The summed E-state index contributed by atoms with van der Waals surface area (Å²) >= 11 is 3.44. The van der Waals surface area contributed by atoms with Gasteiger partial charge in [0, 0.05) is 10.9 Å². The van der Waals surface area contributed by atoms with E-state index in [-0.39, 0.29) is 17.7 Å². The van der Waals surface area contributed by atoms with Gasteiger partial charge in [0.2, 0.25) is 0 Å². The number of cyclic esters (lactones) is 1. The van der Waals surface area contributed by atoms with E-state index >= 15 is 0 Å². The van der Waals surface area contributed by atoms with Gasteiger partial charge in [0.15, 0.2) is 0 Å². The number of nitrogens with zero attached hydrogens (tertiary/aromatic N) is 1. The quantitative estimate of drug-likeness (QED) is 0.733. The van der Waals surface area contributed by atoms with Gasteiger partial charge in [-0.05, 0) is 56.3 Å². The molecule has 1 heterocycles. The number of alkyl halides is 1. The molecule has 1 unspecified atom stereocenters. The van der Waals surface area contributed by atoms with E-state index in [0.29, 0.717) is 0 Å². The Bertz CT molecular complexity index is 349. The van der Waals surface area contributed by atoms with Crippen LogP contribution < -0.4 is 0 Å². The first-order valence-corrected chi connectivity index (χ1v) is 8.35. The Balaban J connectivity index is 1.62. The highest BCUT2D eigenvalue weighted by molar-refractivity contribution is 9.09. The van der Waals surface area contributed by atoms with Crippen LogP contribution in [0.1, 0.15) is 38.5 Å². The van der Waals surface area contributed by atoms with Crippen LogP contribution in [-0.4, -0.2) is 34.5 Å². The first kappa shape index (κ1) is 11.6. The van der Waals surface area contributed by atoms with Crippen molar-refractivity contribution in [2.75, 3.05) is 11.9 Å². The van der Waals surface area contributed by atoms with Gasteiger partial charge in [-0.25, -0.2) is 4.79 Å². The molecule has 0 aromatic heterocycles. The lowest BCUT2D eigenvalue weighted by molar-refractivity contribution is -0.0662. The molecule has 4 aliphatic carbocycles. The summed E-state index contributed by atoms with van der Waals surface area (Å²) in [5, 5.41) is 0.765. The van der Waals surface area contributed by atoms with E-state index in [1.54, 1.807) is 0 Å². The van der Waals surface area contributed by atoms with Crippen LogP contribution in [0.5, 0.6) is 0 Å². The fraction of sp³-hybridized carbons (Fsp3) is 0.929. The standard InChI is InChI=1S/C14H20BrNO2/c15-7-12-8-16(13(17)18-12)14-4-9-1-10(5-14)3-11(2-9)6-14/h9-12H,1-8H2. The van der Waals surface area contributed by atoms with Crippen molar-refractivity contribution < 1.29 is 9.53 Å². The van der Waals surface area contributed by atoms with Gasteiger partial charge >= 0.3 is 6.09 Å². The van der Waals surface area contributed by atoms with Crippen molar-refractivity contribution in [3.8, 4) is 0 Å². The molecule has 0 N–H and O–H groups in total. The minimum absolute atomic E-state index is 0.0543. The minimum Gasteiger partial charge on any atom is -0.443 e. The van der Waals surface area contributed by atoms with Gasteiger partial charge in [-0.2, -0.15) is 0 Å². The average Bonchev–Trinajstić information content (AvgIpc) is 2.69. The second-order valence-electron chi connectivity index (χ2n) is 6.91. The van der Waals surface area contributed by atoms with Crippen LogP contribution in [0.25, 0.3) is 0 Å². The van der Waals surface area contributed by atoms with Crippen molar-refractivity contribution in [2.24, 2.45) is 17.8 Å². The van der Waals surface area contributed by atoms with E-state index < -0.39 is 0 Å². The van der Waals surface area contributed by atoms with Crippen LogP contribution in [0.4, 0.5) is 4.79 Å². The molecule has 5 aliphatic rings. The van der Waals surface area contributed by atoms with Crippen molar-refractivity contribution in [3.63, 3.8) is 0 Å². The molecule has 100 valence electrons. The van der Waals surface area contributed by atoms with Crippen molar-refractivity contribution in [1.82, 2.24) is 4.90 Å². The van der Waals surface area contributed by atoms with Crippen LogP contribution in [0.3, 0.4) is 0 Å². The maximum atomic E-state index is 12.1. The second-order valence-corrected chi connectivity index (χ2v) is 7.56. The fourth-order valence-electron chi connectivity index (χ4n) is 5.38. The second kappa shape index (κ2) is 3.87. The molecular weight excluding hydrogens is 294 g/mol. The summed E-state index contributed by atoms with van der Waals surface area (Å²) in [5.74, 6) is 2.64. The summed E-state index contributed by atoms with van der Waals surface area (Å²) < 4.78 is 5.45. The third-order valence-electron chi connectivity index (χ3n) is 5.62. The summed E-state index contributed by atoms with van der Waals surface area (Å²) in [6.45, 7) is 0.802. The molecule has 1 amide bonds. The molecule has 0 radical (unpaired) electrons. The van der Waals surface area contributed by atoms with E-state index in [0.717, 1.165) is 29.6 Å². The number of halogens is 1. The molecule has 0 aromatic rings. The Morgan fingerprint density at radius 3 is 2.17 bits per heavy atom. The van der Waals surface area contributed by atoms with Gasteiger partial charge in [0.05, 0.1) is 6.54 Å². The molecule has 4 bridgehead atoms. The lowest BCUT2D eigenvalue weighted by Crippen LogP contribution is -2.60. The number of carbonyl (C=O) groups excluding carboxylic acids is 1. The third-order valence-corrected chi connectivity index (χ3v) is 6.35. The zero-order chi connectivity index (χ0) is 12.3. The molecule has 0 spiro atoms. The van der Waals surface area contributed by atoms with Crippen LogP contribution in [0.15, 0.2) is 0 Å². The zero-order valence-electron chi connectivity index (χ0n) is 10.6. The Kier molecular flexibility index (Phi) is 2.49. The molecule has 3 nitrogen and oxygen atoms in total. The van der Waals surface area contributed by atoms with E-state index in [4.69, 9.17) is 4.74 Å². The SMILES string of the molecule is O=C1OC(CBr)CN1C12CC3CC(CC(C3)C1)C2. The first-order chi connectivity index (χ1) is 8.68. The zero-order valence-corrected chi connectivity index (χ0v) is 12.2. The Labute approximate surface area is 116 Å². The monoisotopic (exact) mass is 313 g/mol. The molecule has 1 atom stereocenters. The van der Waals surface area contributed by atoms with Crippen LogP contribution in [0.2, 0.25) is 0 Å². The van der Waals surface area contributed by atoms with Crippen molar-refractivity contribution in [3.05, 3.63) is 0 Å². The van der Waals surface area contributed by atoms with Crippen molar-refractivity contribution in [1.29, 1.82) is 0 Å². The highest BCUT2D eigenvalue weighted by Crippen LogP contribution is 2.58. The van der Waals surface area contributed by atoms with Crippen molar-refractivity contribution >= 4 is 22.0 Å². The van der Waals surface area contributed by atoms with Crippen LogP contribution >= 0.6 is 15.9 Å². The summed E-state index contributed by atoms with van der Waals surface area (Å²) in [6.07, 6.45) is 7.99. The molecule has 4 saturated carbocycles. The highest BCUT2D eigenvalue weighted by atomic mass is 79.9. The minimum atomic E-state index is -0.0543. The van der Waals surface area contributed by atoms with Gasteiger partial charge < -0.3 is 4.74 Å². The topological polar surface area (TPSA) is 29.5 Å². The van der Waals surface area contributed by atoms with Gasteiger partial charge in [0.1, 0.15) is 6.10 Å². The normalized spacial score (nSPS) is 49.8. The molecule has 4 heteroatoms. The Morgan fingerprint density at radius 2 is 1.72 bits per heavy atom. The van der Waals surface area contributed by atoms with E-state index in [9.17, 15) is 4.79 Å². The van der Waals surface area contributed by atoms with E-state index in [1.807, 2.05) is 0 Å². The molecule has 18 heavy (non-hydrogen) atoms. The van der Waals surface area contributed by atoms with E-state index in [1.165, 1.54) is 38.5 Å². The largest absolute Gasteiger partial charge is 0.443 e. The fourth-order valence-corrected chi connectivity index (χ4v) is 5.72. The predicted molar refractivity (Wildman–Crippen MR) is 71.7 cm³/mol. The number of carbonyl (C=O) groups is 1. The molecule has 1 saturated heterocycles. The summed E-state index contributed by atoms with van der Waals surface area (Å²) in [7, 11) is 0. The Hall–Kier alpha value is -0.250. The molecule has 5 rings (SSSR count). The van der Waals surface area contributed by atoms with E-state index in [2.05, 4.69) is 20.8 Å². The highest BCUT2D eigenvalue weighted by Gasteiger charge is 2.56. The molecule has 5 fully saturated rings. The van der Waals surface area contributed by atoms with Gasteiger partial charge in [0.25, 0.3) is 0 Å². The molecular formula is C14H20BrNO2. The smallest absolute Gasteiger partial charge is 0.410 e. The van der Waals surface area contributed by atoms with Crippen LogP contribution in [0, 0.1) is 17.8 Å². The Morgan fingerprint density at radius 1 is 1.17 bits per heavy atom. The lowest BCUT2D eigenvalue weighted by atomic mass is 9.52. The number of amides is 1. The lowest BCUT2D eigenvalue weighted by Gasteiger charge is -2.59. The van der Waals surface area contributed by atoms with Crippen molar-refractivity contribution in [2.45, 2.75) is 50.2 Å². The van der Waals surface area contributed by atoms with Crippen LogP contribution in [-0.2, 0) is 4.74 Å². The third kappa shape index (κ3) is 1.57. The first-order valence-electron chi connectivity index (χ1n) is 7.23. The predicted octanol–water partition coefficient (Wildman–Crippen LogP) is 3.17. The summed E-state index contributed by atoms with van der Waals surface area (Å²) in [6, 6.07) is 0. The number of rotatable bonds is 2. The van der Waals surface area contributed by atoms with Gasteiger partial charge in [-0.15, -0.1) is 0 Å². The molecule has 1 aliphatic heterocycles. The summed E-state index contributed by atoms with van der Waals surface area (Å²) in [5.41, 5.74) is 0.169. The molecule has 0 aromatic carbocycles. The number of hydrogen-bond acceptors (Lipinski definition) is 2. The van der Waals surface area contributed by atoms with Gasteiger partial charge in [-0.1, -0.05) is 15.9 Å². The summed E-state index contributed by atoms with van der Waals surface area (Å²) in [4.78, 5) is 14.2.